The van der Waals surface area contributed by atoms with Gasteiger partial charge in [0.1, 0.15) is 5.92 Å². The number of rotatable bonds is 5. The van der Waals surface area contributed by atoms with Crippen LogP contribution in [0, 0.1) is 6.92 Å². The Labute approximate surface area is 237 Å². The summed E-state index contributed by atoms with van der Waals surface area (Å²) in [6, 6.07) is 9.74. The van der Waals surface area contributed by atoms with E-state index in [2.05, 4.69) is 5.10 Å². The molecule has 0 N–H and O–H groups in total. The quantitative estimate of drug-likeness (QED) is 0.256. The number of amides is 1. The number of nitrogens with zero attached hydrogens (tertiary/aromatic N) is 3. The predicted octanol–water partition coefficient (Wildman–Crippen LogP) is 3.74. The summed E-state index contributed by atoms with van der Waals surface area (Å²) >= 11 is 6.63. The van der Waals surface area contributed by atoms with Crippen molar-refractivity contribution in [3.63, 3.8) is 0 Å². The van der Waals surface area contributed by atoms with Crippen molar-refractivity contribution in [3.05, 3.63) is 76.6 Å². The summed E-state index contributed by atoms with van der Waals surface area (Å²) in [5.74, 6) is -2.52. The molecule has 208 valence electrons. The summed E-state index contributed by atoms with van der Waals surface area (Å²) in [6.45, 7) is 2.19. The zero-order valence-corrected chi connectivity index (χ0v) is 23.8. The van der Waals surface area contributed by atoms with Gasteiger partial charge in [-0.15, -0.1) is 0 Å². The fourth-order valence-corrected chi connectivity index (χ4v) is 6.31. The summed E-state index contributed by atoms with van der Waals surface area (Å²) in [5.41, 5.74) is 1.60. The molecule has 11 heteroatoms. The standard InChI is InChI=1S/C29H28ClN3O6S/c1-18-12-23(20-6-4-7-21(13-20)40(3,37)38)24(30)14-22(18)26-27(35)29(39-28(26)36)10-5-11-33(17-29)25(34)9-8-19-15-31-32(2)16-19/h4,6-9,12-16,26H,5,10-11,17H2,1-3H3. The highest BCUT2D eigenvalue weighted by Gasteiger charge is 2.57. The topological polar surface area (TPSA) is 116 Å². The number of aryl methyl sites for hydroxylation is 2. The third-order valence-electron chi connectivity index (χ3n) is 7.39. The molecule has 1 aromatic heterocycles. The fraction of sp³-hybridized carbons (Fsp3) is 0.310. The van der Waals surface area contributed by atoms with E-state index < -0.39 is 33.1 Å². The third-order valence-corrected chi connectivity index (χ3v) is 8.82. The molecule has 2 fully saturated rings. The zero-order valence-electron chi connectivity index (χ0n) is 22.3. The Morgan fingerprint density at radius 2 is 2.00 bits per heavy atom. The van der Waals surface area contributed by atoms with Crippen LogP contribution >= 0.6 is 11.6 Å². The molecule has 3 heterocycles. The van der Waals surface area contributed by atoms with Gasteiger partial charge >= 0.3 is 5.97 Å². The Kier molecular flexibility index (Phi) is 7.18. The number of carbonyl (C=O) groups excluding carboxylic acids is 3. The second kappa shape index (κ2) is 10.3. The van der Waals surface area contributed by atoms with Gasteiger partial charge in [-0.2, -0.15) is 5.10 Å². The zero-order chi connectivity index (χ0) is 28.8. The van der Waals surface area contributed by atoms with Gasteiger partial charge in [-0.05, 0) is 66.8 Å². The lowest BCUT2D eigenvalue weighted by atomic mass is 9.81. The van der Waals surface area contributed by atoms with Crippen molar-refractivity contribution in [2.45, 2.75) is 36.2 Å². The van der Waals surface area contributed by atoms with Gasteiger partial charge in [0.15, 0.2) is 21.2 Å². The number of esters is 1. The molecule has 0 bridgehead atoms. The molecule has 0 aliphatic carbocycles. The minimum Gasteiger partial charge on any atom is -0.448 e. The van der Waals surface area contributed by atoms with Gasteiger partial charge in [0, 0.05) is 48.3 Å². The molecule has 5 rings (SSSR count). The molecule has 2 aliphatic heterocycles. The number of sulfone groups is 1. The Balaban J connectivity index is 1.40. The molecular weight excluding hydrogens is 554 g/mol. The van der Waals surface area contributed by atoms with Crippen molar-refractivity contribution in [1.29, 1.82) is 0 Å². The summed E-state index contributed by atoms with van der Waals surface area (Å²) < 4.78 is 31.4. The van der Waals surface area contributed by atoms with E-state index in [0.29, 0.717) is 41.6 Å². The van der Waals surface area contributed by atoms with E-state index in [4.69, 9.17) is 16.3 Å². The molecule has 3 aromatic rings. The first-order valence-corrected chi connectivity index (χ1v) is 15.0. The smallest absolute Gasteiger partial charge is 0.322 e. The largest absolute Gasteiger partial charge is 0.448 e. The van der Waals surface area contributed by atoms with Gasteiger partial charge in [0.05, 0.1) is 17.6 Å². The van der Waals surface area contributed by atoms with Crippen LogP contribution < -0.4 is 0 Å². The van der Waals surface area contributed by atoms with Crippen LogP contribution in [0.3, 0.4) is 0 Å². The number of aromatic nitrogens is 2. The fourth-order valence-electron chi connectivity index (χ4n) is 5.36. The van der Waals surface area contributed by atoms with Crippen LogP contribution in [0.5, 0.6) is 0 Å². The lowest BCUT2D eigenvalue weighted by Crippen LogP contribution is -2.53. The van der Waals surface area contributed by atoms with Crippen LogP contribution in [0.15, 0.2) is 59.8 Å². The Bertz CT molecular complexity index is 1680. The number of Topliss-reactive ketones (excluding diaryl/α,β-unsaturated/α-hetero) is 1. The summed E-state index contributed by atoms with van der Waals surface area (Å²) in [5, 5.41) is 4.35. The number of likely N-dealkylation sites (tertiary alicyclic amines) is 1. The van der Waals surface area contributed by atoms with Gasteiger partial charge in [-0.25, -0.2) is 8.42 Å². The van der Waals surface area contributed by atoms with Gasteiger partial charge in [0.25, 0.3) is 0 Å². The Hall–Kier alpha value is -3.76. The first-order valence-electron chi connectivity index (χ1n) is 12.7. The monoisotopic (exact) mass is 581 g/mol. The maximum absolute atomic E-state index is 13.8. The minimum atomic E-state index is -3.42. The number of hydrogen-bond donors (Lipinski definition) is 0. The van der Waals surface area contributed by atoms with Gasteiger partial charge < -0.3 is 9.64 Å². The summed E-state index contributed by atoms with van der Waals surface area (Å²) in [6.07, 6.45) is 8.45. The molecule has 2 saturated heterocycles. The number of ketones is 1. The second-order valence-electron chi connectivity index (χ2n) is 10.3. The van der Waals surface area contributed by atoms with Crippen molar-refractivity contribution >= 4 is 45.2 Å². The van der Waals surface area contributed by atoms with Crippen molar-refractivity contribution < 1.29 is 27.5 Å². The summed E-state index contributed by atoms with van der Waals surface area (Å²) in [4.78, 5) is 41.5. The minimum absolute atomic E-state index is 0.0204. The highest BCUT2D eigenvalue weighted by atomic mass is 35.5. The van der Waals surface area contributed by atoms with E-state index in [0.717, 1.165) is 11.8 Å². The van der Waals surface area contributed by atoms with E-state index in [1.165, 1.54) is 23.1 Å². The maximum atomic E-state index is 13.8. The average Bonchev–Trinajstić information content (AvgIpc) is 3.42. The molecule has 1 amide bonds. The number of hydrogen-bond acceptors (Lipinski definition) is 7. The molecule has 2 aromatic carbocycles. The molecule has 0 radical (unpaired) electrons. The van der Waals surface area contributed by atoms with Crippen LogP contribution in [-0.2, 0) is 36.0 Å². The van der Waals surface area contributed by atoms with Crippen LogP contribution in [-0.4, -0.2) is 65.7 Å². The number of ether oxygens (including phenoxy) is 1. The molecular formula is C29H28ClN3O6S. The summed E-state index contributed by atoms with van der Waals surface area (Å²) in [7, 11) is -1.64. The van der Waals surface area contributed by atoms with Gasteiger partial charge in [-0.1, -0.05) is 23.7 Å². The Morgan fingerprint density at radius 3 is 2.70 bits per heavy atom. The highest BCUT2D eigenvalue weighted by Crippen LogP contribution is 2.43. The van der Waals surface area contributed by atoms with Crippen LogP contribution in [0.1, 0.15) is 35.4 Å². The highest BCUT2D eigenvalue weighted by molar-refractivity contribution is 7.90. The molecule has 1 spiro atoms. The molecule has 2 atom stereocenters. The lowest BCUT2D eigenvalue weighted by molar-refractivity contribution is -0.159. The van der Waals surface area contributed by atoms with Crippen molar-refractivity contribution in [2.75, 3.05) is 19.3 Å². The van der Waals surface area contributed by atoms with Crippen molar-refractivity contribution in [1.82, 2.24) is 14.7 Å². The third kappa shape index (κ3) is 5.21. The Morgan fingerprint density at radius 1 is 1.23 bits per heavy atom. The molecule has 9 nitrogen and oxygen atoms in total. The number of piperidine rings is 1. The van der Waals surface area contributed by atoms with Crippen molar-refractivity contribution in [3.8, 4) is 11.1 Å². The normalized spacial score (nSPS) is 21.4. The molecule has 40 heavy (non-hydrogen) atoms. The molecule has 0 saturated carbocycles. The first-order chi connectivity index (χ1) is 18.9. The van der Waals surface area contributed by atoms with Crippen molar-refractivity contribution in [2.24, 2.45) is 7.05 Å². The van der Waals surface area contributed by atoms with Gasteiger partial charge in [0.2, 0.25) is 5.91 Å². The first kappa shape index (κ1) is 27.8. The molecule has 2 unspecified atom stereocenters. The number of benzene rings is 2. The van der Waals surface area contributed by atoms with Crippen LogP contribution in [0.25, 0.3) is 17.2 Å². The lowest BCUT2D eigenvalue weighted by Gasteiger charge is -2.37. The maximum Gasteiger partial charge on any atom is 0.322 e. The van der Waals surface area contributed by atoms with E-state index in [9.17, 15) is 22.8 Å². The average molecular weight is 582 g/mol. The SMILES string of the molecule is Cc1cc(-c2cccc(S(C)(=O)=O)c2)c(Cl)cc1C1C(=O)OC2(CCCN(C(=O)C=Cc3cnn(C)c3)C2)C1=O. The molecule has 2 aliphatic rings. The van der Waals surface area contributed by atoms with E-state index in [1.54, 1.807) is 61.4 Å². The van der Waals surface area contributed by atoms with Crippen LogP contribution in [0.2, 0.25) is 5.02 Å². The predicted molar refractivity (Wildman–Crippen MR) is 149 cm³/mol. The van der Waals surface area contributed by atoms with E-state index in [1.807, 2.05) is 0 Å². The number of carbonyl (C=O) groups is 3. The van der Waals surface area contributed by atoms with Crippen LogP contribution in [0.4, 0.5) is 0 Å². The van der Waals surface area contributed by atoms with E-state index in [-0.39, 0.29) is 22.4 Å². The second-order valence-corrected chi connectivity index (χ2v) is 12.8. The number of halogens is 1. The van der Waals surface area contributed by atoms with Gasteiger partial charge in [-0.3, -0.25) is 19.1 Å². The van der Waals surface area contributed by atoms with E-state index >= 15 is 0 Å².